The molecule has 0 aliphatic heterocycles. The number of anilines is 1. The normalized spacial score (nSPS) is 17.1. The average molecular weight is 254 g/mol. The van der Waals surface area contributed by atoms with E-state index in [1.165, 1.54) is 13.5 Å². The Morgan fingerprint density at radius 1 is 1.47 bits per heavy atom. The number of hydrogen-bond donors (Lipinski definition) is 1. The zero-order valence-corrected chi connectivity index (χ0v) is 10.5. The summed E-state index contributed by atoms with van der Waals surface area (Å²) in [5.41, 5.74) is 0.788. The van der Waals surface area contributed by atoms with Gasteiger partial charge < -0.3 is 10.1 Å². The summed E-state index contributed by atoms with van der Waals surface area (Å²) in [5.74, 6) is 0.147. The van der Waals surface area contributed by atoms with Gasteiger partial charge in [0.1, 0.15) is 6.04 Å². The van der Waals surface area contributed by atoms with Gasteiger partial charge in [0.05, 0.1) is 17.8 Å². The van der Waals surface area contributed by atoms with E-state index in [4.69, 9.17) is 16.3 Å². The topological polar surface area (TPSA) is 38.3 Å². The molecule has 1 aliphatic carbocycles. The van der Waals surface area contributed by atoms with E-state index in [1.54, 1.807) is 6.07 Å². The Labute approximate surface area is 106 Å². The molecule has 1 aliphatic rings. The van der Waals surface area contributed by atoms with Crippen molar-refractivity contribution in [2.75, 3.05) is 12.4 Å². The van der Waals surface area contributed by atoms with Crippen LogP contribution in [0.1, 0.15) is 19.3 Å². The zero-order chi connectivity index (χ0) is 12.3. The van der Waals surface area contributed by atoms with Crippen molar-refractivity contribution in [3.8, 4) is 0 Å². The van der Waals surface area contributed by atoms with Gasteiger partial charge in [0.2, 0.25) is 0 Å². The number of nitrogens with one attached hydrogen (secondary N) is 1. The van der Waals surface area contributed by atoms with Crippen LogP contribution in [-0.2, 0) is 9.53 Å². The molecule has 17 heavy (non-hydrogen) atoms. The molecule has 1 atom stereocenters. The molecule has 1 aromatic carbocycles. The molecule has 0 amide bonds. The Kier molecular flexibility index (Phi) is 3.89. The molecule has 0 spiro atoms. The van der Waals surface area contributed by atoms with Crippen LogP contribution in [-0.4, -0.2) is 19.1 Å². The number of halogens is 1. The smallest absolute Gasteiger partial charge is 0.328 e. The van der Waals surface area contributed by atoms with Crippen molar-refractivity contribution >= 4 is 23.3 Å². The van der Waals surface area contributed by atoms with E-state index >= 15 is 0 Å². The van der Waals surface area contributed by atoms with Crippen LogP contribution in [0.25, 0.3) is 0 Å². The summed E-state index contributed by atoms with van der Waals surface area (Å²) >= 11 is 6.07. The minimum atomic E-state index is -0.284. The maximum absolute atomic E-state index is 11.7. The van der Waals surface area contributed by atoms with Crippen molar-refractivity contribution in [3.63, 3.8) is 0 Å². The Morgan fingerprint density at radius 3 is 2.71 bits per heavy atom. The summed E-state index contributed by atoms with van der Waals surface area (Å²) in [4.78, 5) is 11.7. The van der Waals surface area contributed by atoms with Gasteiger partial charge in [0, 0.05) is 0 Å². The number of rotatable bonds is 4. The van der Waals surface area contributed by atoms with Gasteiger partial charge in [-0.25, -0.2) is 4.79 Å². The summed E-state index contributed by atoms with van der Waals surface area (Å²) in [7, 11) is 1.42. The molecule has 0 bridgehead atoms. The lowest BCUT2D eigenvalue weighted by Crippen LogP contribution is -2.41. The number of hydrogen-bond acceptors (Lipinski definition) is 3. The standard InChI is InChI=1S/C13H16ClNO2/c1-17-13(16)12(9-5-4-6-9)15-11-8-3-2-7-10(11)14/h2-3,7-9,12,15H,4-6H2,1H3. The highest BCUT2D eigenvalue weighted by atomic mass is 35.5. The van der Waals surface area contributed by atoms with Crippen molar-refractivity contribution in [2.45, 2.75) is 25.3 Å². The number of benzene rings is 1. The SMILES string of the molecule is COC(=O)C(Nc1ccccc1Cl)C1CCC1. The van der Waals surface area contributed by atoms with Crippen LogP contribution < -0.4 is 5.32 Å². The zero-order valence-electron chi connectivity index (χ0n) is 9.78. The van der Waals surface area contributed by atoms with Crippen molar-refractivity contribution in [2.24, 2.45) is 5.92 Å². The molecule has 4 heteroatoms. The second-order valence-corrected chi connectivity index (χ2v) is 4.72. The Hall–Kier alpha value is -1.22. The quantitative estimate of drug-likeness (QED) is 0.838. The number of para-hydroxylation sites is 1. The van der Waals surface area contributed by atoms with E-state index in [-0.39, 0.29) is 12.0 Å². The van der Waals surface area contributed by atoms with E-state index in [0.717, 1.165) is 18.5 Å². The molecule has 1 N–H and O–H groups in total. The van der Waals surface area contributed by atoms with Gasteiger partial charge in [-0.05, 0) is 30.9 Å². The van der Waals surface area contributed by atoms with E-state index < -0.39 is 0 Å². The van der Waals surface area contributed by atoms with Crippen molar-refractivity contribution in [3.05, 3.63) is 29.3 Å². The summed E-state index contributed by atoms with van der Waals surface area (Å²) in [6.45, 7) is 0. The van der Waals surface area contributed by atoms with Crippen molar-refractivity contribution in [1.29, 1.82) is 0 Å². The van der Waals surface area contributed by atoms with E-state index in [9.17, 15) is 4.79 Å². The highest BCUT2D eigenvalue weighted by Gasteiger charge is 2.33. The summed E-state index contributed by atoms with van der Waals surface area (Å²) in [6, 6.07) is 7.15. The van der Waals surface area contributed by atoms with Crippen LogP contribution >= 0.6 is 11.6 Å². The third-order valence-electron chi connectivity index (χ3n) is 3.26. The fourth-order valence-electron chi connectivity index (χ4n) is 2.02. The maximum atomic E-state index is 11.7. The minimum absolute atomic E-state index is 0.213. The lowest BCUT2D eigenvalue weighted by Gasteiger charge is -2.33. The van der Waals surface area contributed by atoms with Crippen LogP contribution in [0.2, 0.25) is 5.02 Å². The molecular weight excluding hydrogens is 238 g/mol. The number of carbonyl (C=O) groups is 1. The largest absolute Gasteiger partial charge is 0.467 e. The molecular formula is C13H16ClNO2. The van der Waals surface area contributed by atoms with E-state index in [2.05, 4.69) is 5.32 Å². The first-order valence-electron chi connectivity index (χ1n) is 5.81. The van der Waals surface area contributed by atoms with Crippen LogP contribution in [0.15, 0.2) is 24.3 Å². The molecule has 0 radical (unpaired) electrons. The lowest BCUT2D eigenvalue weighted by molar-refractivity contribution is -0.143. The maximum Gasteiger partial charge on any atom is 0.328 e. The third-order valence-corrected chi connectivity index (χ3v) is 3.59. The van der Waals surface area contributed by atoms with Gasteiger partial charge in [-0.15, -0.1) is 0 Å². The predicted octanol–water partition coefficient (Wildman–Crippen LogP) is 3.09. The molecule has 1 unspecified atom stereocenters. The van der Waals surface area contributed by atoms with Crippen molar-refractivity contribution < 1.29 is 9.53 Å². The highest BCUT2D eigenvalue weighted by molar-refractivity contribution is 6.33. The highest BCUT2D eigenvalue weighted by Crippen LogP contribution is 2.33. The van der Waals surface area contributed by atoms with Gasteiger partial charge in [0.25, 0.3) is 0 Å². The summed E-state index contributed by atoms with van der Waals surface area (Å²) < 4.78 is 4.84. The Bertz CT molecular complexity index is 404. The van der Waals surface area contributed by atoms with Crippen LogP contribution in [0.5, 0.6) is 0 Å². The Morgan fingerprint density at radius 2 is 2.18 bits per heavy atom. The van der Waals surface area contributed by atoms with Gasteiger partial charge in [-0.1, -0.05) is 30.2 Å². The van der Waals surface area contributed by atoms with Gasteiger partial charge in [-0.2, -0.15) is 0 Å². The van der Waals surface area contributed by atoms with Crippen LogP contribution in [0.4, 0.5) is 5.69 Å². The summed E-state index contributed by atoms with van der Waals surface area (Å²) in [6.07, 6.45) is 3.32. The fourth-order valence-corrected chi connectivity index (χ4v) is 2.21. The van der Waals surface area contributed by atoms with Crippen LogP contribution in [0, 0.1) is 5.92 Å². The molecule has 2 rings (SSSR count). The molecule has 1 aromatic rings. The predicted molar refractivity (Wildman–Crippen MR) is 68.2 cm³/mol. The summed E-state index contributed by atoms with van der Waals surface area (Å²) in [5, 5.41) is 3.82. The number of ether oxygens (including phenoxy) is 1. The van der Waals surface area contributed by atoms with Gasteiger partial charge in [0.15, 0.2) is 0 Å². The molecule has 92 valence electrons. The number of esters is 1. The minimum Gasteiger partial charge on any atom is -0.467 e. The fraction of sp³-hybridized carbons (Fsp3) is 0.462. The molecule has 0 saturated heterocycles. The first-order chi connectivity index (χ1) is 8.22. The van der Waals surface area contributed by atoms with Crippen molar-refractivity contribution in [1.82, 2.24) is 0 Å². The van der Waals surface area contributed by atoms with Gasteiger partial charge >= 0.3 is 5.97 Å². The van der Waals surface area contributed by atoms with Gasteiger partial charge in [-0.3, -0.25) is 0 Å². The second-order valence-electron chi connectivity index (χ2n) is 4.32. The monoisotopic (exact) mass is 253 g/mol. The first-order valence-corrected chi connectivity index (χ1v) is 6.19. The second kappa shape index (κ2) is 5.41. The van der Waals surface area contributed by atoms with E-state index in [0.29, 0.717) is 10.9 Å². The molecule has 0 heterocycles. The molecule has 1 fully saturated rings. The van der Waals surface area contributed by atoms with E-state index in [1.807, 2.05) is 18.2 Å². The number of methoxy groups -OCH3 is 1. The lowest BCUT2D eigenvalue weighted by atomic mass is 9.79. The van der Waals surface area contributed by atoms with Crippen LogP contribution in [0.3, 0.4) is 0 Å². The number of carbonyl (C=O) groups excluding carboxylic acids is 1. The molecule has 0 aromatic heterocycles. The first kappa shape index (κ1) is 12.2. The average Bonchev–Trinajstić information content (AvgIpc) is 2.27. The molecule has 1 saturated carbocycles. The Balaban J connectivity index is 2.12. The third kappa shape index (κ3) is 2.72. The molecule has 3 nitrogen and oxygen atoms in total.